The Balaban J connectivity index is 1.69. The molecule has 1 aromatic carbocycles. The summed E-state index contributed by atoms with van der Waals surface area (Å²) in [6, 6.07) is 9.14. The number of ether oxygens (including phenoxy) is 2. The van der Waals surface area contributed by atoms with Crippen molar-refractivity contribution in [1.29, 1.82) is 0 Å². The van der Waals surface area contributed by atoms with Gasteiger partial charge in [0, 0.05) is 19.3 Å². The van der Waals surface area contributed by atoms with Crippen LogP contribution in [0.4, 0.5) is 5.95 Å². The number of aromatic nitrogens is 4. The van der Waals surface area contributed by atoms with Crippen LogP contribution in [0.3, 0.4) is 0 Å². The predicted octanol–water partition coefficient (Wildman–Crippen LogP) is 2.76. The first-order valence-electron chi connectivity index (χ1n) is 9.67. The van der Waals surface area contributed by atoms with E-state index in [1.165, 1.54) is 10.7 Å². The first kappa shape index (κ1) is 20.2. The maximum Gasteiger partial charge on any atom is 0.256 e. The van der Waals surface area contributed by atoms with Gasteiger partial charge >= 0.3 is 0 Å². The van der Waals surface area contributed by atoms with Crippen LogP contribution in [-0.2, 0) is 6.54 Å². The summed E-state index contributed by atoms with van der Waals surface area (Å²) in [4.78, 5) is 21.4. The van der Waals surface area contributed by atoms with Gasteiger partial charge in [0.2, 0.25) is 11.8 Å². The maximum atomic E-state index is 12.5. The molecule has 0 aliphatic heterocycles. The summed E-state index contributed by atoms with van der Waals surface area (Å²) >= 11 is 0. The molecule has 0 saturated carbocycles. The molecular weight excluding hydrogens is 400 g/mol. The number of hydrogen-bond acceptors (Lipinski definition) is 8. The Hall–Kier alpha value is -4.08. The molecule has 0 saturated heterocycles. The molecule has 4 aromatic rings. The van der Waals surface area contributed by atoms with E-state index in [2.05, 4.69) is 25.7 Å². The number of carbonyl (C=O) groups is 1. The molecule has 0 bridgehead atoms. The van der Waals surface area contributed by atoms with Crippen molar-refractivity contribution in [1.82, 2.24) is 24.9 Å². The minimum atomic E-state index is -0.273. The summed E-state index contributed by atoms with van der Waals surface area (Å²) in [5.74, 6) is 2.30. The number of nitrogens with one attached hydrogen (secondary N) is 2. The first-order chi connectivity index (χ1) is 15.1. The summed E-state index contributed by atoms with van der Waals surface area (Å²) < 4.78 is 17.5. The second-order valence-electron chi connectivity index (χ2n) is 6.55. The number of rotatable bonds is 8. The third-order valence-electron chi connectivity index (χ3n) is 4.59. The average Bonchev–Trinajstić information content (AvgIpc) is 3.47. The van der Waals surface area contributed by atoms with Gasteiger partial charge in [-0.2, -0.15) is 4.52 Å². The Labute approximate surface area is 178 Å². The SMILES string of the molecule is CCNC(=O)c1cnc(NCc2ccc(OC)c(OC)c2)n2nc(-c3ccco3)nc12. The van der Waals surface area contributed by atoms with Crippen molar-refractivity contribution in [2.45, 2.75) is 13.5 Å². The van der Waals surface area contributed by atoms with E-state index in [9.17, 15) is 4.79 Å². The Morgan fingerprint density at radius 1 is 1.19 bits per heavy atom. The molecule has 0 aliphatic carbocycles. The molecular formula is C21H22N6O4. The van der Waals surface area contributed by atoms with E-state index in [-0.39, 0.29) is 5.91 Å². The highest BCUT2D eigenvalue weighted by atomic mass is 16.5. The number of benzene rings is 1. The van der Waals surface area contributed by atoms with Crippen LogP contribution in [-0.4, -0.2) is 46.3 Å². The number of methoxy groups -OCH3 is 2. The molecule has 4 rings (SSSR count). The molecule has 2 N–H and O–H groups in total. The number of amides is 1. The Kier molecular flexibility index (Phi) is 5.69. The molecule has 1 amide bonds. The monoisotopic (exact) mass is 422 g/mol. The van der Waals surface area contributed by atoms with Crippen LogP contribution in [0, 0.1) is 0 Å². The van der Waals surface area contributed by atoms with Crippen LogP contribution in [0.15, 0.2) is 47.2 Å². The normalized spacial score (nSPS) is 10.8. The Morgan fingerprint density at radius 2 is 2.03 bits per heavy atom. The van der Waals surface area contributed by atoms with Crippen LogP contribution in [0.1, 0.15) is 22.8 Å². The van der Waals surface area contributed by atoms with E-state index in [0.717, 1.165) is 5.56 Å². The number of fused-ring (bicyclic) bond motifs is 1. The minimum absolute atomic E-state index is 0.273. The largest absolute Gasteiger partial charge is 0.493 e. The minimum Gasteiger partial charge on any atom is -0.493 e. The van der Waals surface area contributed by atoms with Crippen LogP contribution in [0.25, 0.3) is 17.2 Å². The number of anilines is 1. The second kappa shape index (κ2) is 8.74. The lowest BCUT2D eigenvalue weighted by molar-refractivity contribution is 0.0956. The van der Waals surface area contributed by atoms with Gasteiger partial charge in [0.15, 0.2) is 22.9 Å². The Morgan fingerprint density at radius 3 is 2.74 bits per heavy atom. The van der Waals surface area contributed by atoms with Crippen LogP contribution in [0.2, 0.25) is 0 Å². The molecule has 0 unspecified atom stereocenters. The zero-order chi connectivity index (χ0) is 21.8. The summed E-state index contributed by atoms with van der Waals surface area (Å²) in [5.41, 5.74) is 1.65. The number of furan rings is 1. The van der Waals surface area contributed by atoms with E-state index in [0.29, 0.717) is 53.3 Å². The summed E-state index contributed by atoms with van der Waals surface area (Å²) in [7, 11) is 3.18. The van der Waals surface area contributed by atoms with Crippen molar-refractivity contribution in [2.75, 3.05) is 26.1 Å². The lowest BCUT2D eigenvalue weighted by Gasteiger charge is -2.11. The zero-order valence-electron chi connectivity index (χ0n) is 17.4. The fraction of sp³-hybridized carbons (Fsp3) is 0.238. The van der Waals surface area contributed by atoms with Crippen LogP contribution in [0.5, 0.6) is 11.5 Å². The van der Waals surface area contributed by atoms with Crippen molar-refractivity contribution < 1.29 is 18.7 Å². The molecule has 0 atom stereocenters. The quantitative estimate of drug-likeness (QED) is 0.445. The topological polar surface area (TPSA) is 116 Å². The van der Waals surface area contributed by atoms with E-state index in [1.807, 2.05) is 25.1 Å². The van der Waals surface area contributed by atoms with Gasteiger partial charge < -0.3 is 24.5 Å². The van der Waals surface area contributed by atoms with Crippen molar-refractivity contribution in [3.63, 3.8) is 0 Å². The molecule has 31 heavy (non-hydrogen) atoms. The number of nitrogens with zero attached hydrogens (tertiary/aromatic N) is 4. The smallest absolute Gasteiger partial charge is 0.256 e. The van der Waals surface area contributed by atoms with Gasteiger partial charge in [0.1, 0.15) is 5.56 Å². The van der Waals surface area contributed by atoms with Crippen LogP contribution < -0.4 is 20.1 Å². The van der Waals surface area contributed by atoms with Crippen molar-refractivity contribution in [3.05, 3.63) is 53.9 Å². The van der Waals surface area contributed by atoms with Gasteiger partial charge in [0.25, 0.3) is 5.91 Å². The highest BCUT2D eigenvalue weighted by Gasteiger charge is 2.19. The highest BCUT2D eigenvalue weighted by Crippen LogP contribution is 2.28. The van der Waals surface area contributed by atoms with Crippen molar-refractivity contribution in [2.24, 2.45) is 0 Å². The number of hydrogen-bond donors (Lipinski definition) is 2. The molecule has 10 nitrogen and oxygen atoms in total. The average molecular weight is 422 g/mol. The van der Waals surface area contributed by atoms with Crippen molar-refractivity contribution in [3.8, 4) is 23.1 Å². The Bertz CT molecular complexity index is 1200. The molecule has 10 heteroatoms. The third-order valence-corrected chi connectivity index (χ3v) is 4.59. The van der Waals surface area contributed by atoms with Gasteiger partial charge in [0.05, 0.1) is 20.5 Å². The standard InChI is InChI=1S/C21H22N6O4/c1-4-22-20(28)14-12-24-21(23-11-13-7-8-15(29-2)17(10-13)30-3)27-19(14)25-18(26-27)16-6-5-9-31-16/h5-10,12H,4,11H2,1-3H3,(H,22,28)(H,23,24). The summed E-state index contributed by atoms with van der Waals surface area (Å²) in [5, 5.41) is 10.5. The van der Waals surface area contributed by atoms with Gasteiger partial charge in [-0.25, -0.2) is 9.97 Å². The summed E-state index contributed by atoms with van der Waals surface area (Å²) in [6.45, 7) is 2.78. The fourth-order valence-electron chi connectivity index (χ4n) is 3.09. The molecule has 3 aromatic heterocycles. The van der Waals surface area contributed by atoms with Crippen molar-refractivity contribution >= 4 is 17.5 Å². The van der Waals surface area contributed by atoms with Gasteiger partial charge in [-0.1, -0.05) is 6.07 Å². The van der Waals surface area contributed by atoms with E-state index in [1.54, 1.807) is 32.6 Å². The lowest BCUT2D eigenvalue weighted by atomic mass is 10.2. The highest BCUT2D eigenvalue weighted by molar-refractivity contribution is 5.99. The molecule has 0 spiro atoms. The fourth-order valence-corrected chi connectivity index (χ4v) is 3.09. The van der Waals surface area contributed by atoms with Gasteiger partial charge in [-0.05, 0) is 36.8 Å². The predicted molar refractivity (Wildman–Crippen MR) is 113 cm³/mol. The molecule has 3 heterocycles. The van der Waals surface area contributed by atoms with Gasteiger partial charge in [-0.15, -0.1) is 5.10 Å². The lowest BCUT2D eigenvalue weighted by Crippen LogP contribution is -2.24. The zero-order valence-corrected chi connectivity index (χ0v) is 17.4. The molecule has 160 valence electrons. The third kappa shape index (κ3) is 4.00. The van der Waals surface area contributed by atoms with E-state index >= 15 is 0 Å². The maximum absolute atomic E-state index is 12.5. The second-order valence-corrected chi connectivity index (χ2v) is 6.55. The molecule has 0 radical (unpaired) electrons. The number of carbonyl (C=O) groups excluding carboxylic acids is 1. The van der Waals surface area contributed by atoms with E-state index < -0.39 is 0 Å². The molecule has 0 fully saturated rings. The first-order valence-corrected chi connectivity index (χ1v) is 9.67. The molecule has 0 aliphatic rings. The van der Waals surface area contributed by atoms with Gasteiger partial charge in [-0.3, -0.25) is 4.79 Å². The van der Waals surface area contributed by atoms with E-state index in [4.69, 9.17) is 13.9 Å². The van der Waals surface area contributed by atoms with Crippen LogP contribution >= 0.6 is 0 Å². The summed E-state index contributed by atoms with van der Waals surface area (Å²) in [6.07, 6.45) is 3.03.